The predicted molar refractivity (Wildman–Crippen MR) is 85.9 cm³/mol. The quantitative estimate of drug-likeness (QED) is 0.901. The van der Waals surface area contributed by atoms with Crippen molar-refractivity contribution < 1.29 is 4.79 Å². The van der Waals surface area contributed by atoms with Crippen LogP contribution in [0.5, 0.6) is 0 Å². The summed E-state index contributed by atoms with van der Waals surface area (Å²) in [5.41, 5.74) is 1.89. The van der Waals surface area contributed by atoms with Gasteiger partial charge in [-0.15, -0.1) is 0 Å². The second-order valence-corrected chi connectivity index (χ2v) is 6.43. The largest absolute Gasteiger partial charge is 0.378 e. The summed E-state index contributed by atoms with van der Waals surface area (Å²) < 4.78 is 0. The number of nitrogens with one attached hydrogen (secondary N) is 1. The van der Waals surface area contributed by atoms with Gasteiger partial charge in [0.15, 0.2) is 0 Å². The number of hydrogen-bond acceptors (Lipinski definition) is 3. The Labute approximate surface area is 127 Å². The van der Waals surface area contributed by atoms with Gasteiger partial charge < -0.3 is 15.1 Å². The maximum atomic E-state index is 12.9. The van der Waals surface area contributed by atoms with E-state index < -0.39 is 0 Å². The molecule has 4 heteroatoms. The van der Waals surface area contributed by atoms with Crippen molar-refractivity contribution in [1.29, 1.82) is 0 Å². The minimum absolute atomic E-state index is 0.190. The van der Waals surface area contributed by atoms with Gasteiger partial charge in [0.25, 0.3) is 5.91 Å². The van der Waals surface area contributed by atoms with Crippen molar-refractivity contribution in [3.8, 4) is 0 Å². The molecule has 2 fully saturated rings. The molecule has 1 unspecified atom stereocenters. The predicted octanol–water partition coefficient (Wildman–Crippen LogP) is 2.11. The normalized spacial score (nSPS) is 21.3. The number of amides is 1. The van der Waals surface area contributed by atoms with Crippen LogP contribution in [0.4, 0.5) is 5.69 Å². The fraction of sp³-hybridized carbons (Fsp3) is 0.588. The van der Waals surface area contributed by atoms with Crippen molar-refractivity contribution in [2.24, 2.45) is 0 Å². The molecule has 1 aliphatic carbocycles. The van der Waals surface area contributed by atoms with Crippen molar-refractivity contribution in [2.75, 3.05) is 32.1 Å². The first-order chi connectivity index (χ1) is 10.1. The molecule has 0 aromatic heterocycles. The minimum atomic E-state index is 0.190. The lowest BCUT2D eigenvalue weighted by molar-refractivity contribution is 0.0728. The molecule has 0 spiro atoms. The Hall–Kier alpha value is -1.55. The number of carbonyl (C=O) groups excluding carboxylic acids is 1. The average Bonchev–Trinajstić information content (AvgIpc) is 3.20. The summed E-state index contributed by atoms with van der Waals surface area (Å²) in [4.78, 5) is 17.0. The van der Waals surface area contributed by atoms with E-state index in [0.717, 1.165) is 37.2 Å². The van der Waals surface area contributed by atoms with E-state index in [1.807, 2.05) is 43.3 Å². The SMILES string of the molecule is CN(C)c1cccc(C(=O)N(CC2CCCN2)C2CC2)c1. The molecule has 0 radical (unpaired) electrons. The van der Waals surface area contributed by atoms with Crippen molar-refractivity contribution in [3.63, 3.8) is 0 Å². The van der Waals surface area contributed by atoms with Crippen molar-refractivity contribution in [2.45, 2.75) is 37.8 Å². The summed E-state index contributed by atoms with van der Waals surface area (Å²) in [5.74, 6) is 0.190. The number of carbonyl (C=O) groups is 1. The number of rotatable bonds is 5. The van der Waals surface area contributed by atoms with Crippen LogP contribution in [-0.4, -0.2) is 50.1 Å². The Morgan fingerprint density at radius 2 is 2.10 bits per heavy atom. The summed E-state index contributed by atoms with van der Waals surface area (Å²) in [7, 11) is 4.01. The molecule has 1 amide bonds. The molecule has 2 aliphatic rings. The molecule has 3 rings (SSSR count). The monoisotopic (exact) mass is 287 g/mol. The highest BCUT2D eigenvalue weighted by Crippen LogP contribution is 2.29. The Morgan fingerprint density at radius 1 is 1.29 bits per heavy atom. The van der Waals surface area contributed by atoms with Gasteiger partial charge in [-0.25, -0.2) is 0 Å². The molecule has 1 saturated carbocycles. The highest BCUT2D eigenvalue weighted by molar-refractivity contribution is 5.95. The van der Waals surface area contributed by atoms with Gasteiger partial charge in [0, 0.05) is 44.0 Å². The number of anilines is 1. The maximum Gasteiger partial charge on any atom is 0.254 e. The molecule has 1 aromatic rings. The van der Waals surface area contributed by atoms with Crippen LogP contribution in [0, 0.1) is 0 Å². The number of hydrogen-bond donors (Lipinski definition) is 1. The zero-order valence-electron chi connectivity index (χ0n) is 13.0. The number of nitrogens with zero attached hydrogens (tertiary/aromatic N) is 2. The van der Waals surface area contributed by atoms with E-state index in [1.54, 1.807) is 0 Å². The molecule has 114 valence electrons. The Balaban J connectivity index is 1.75. The van der Waals surface area contributed by atoms with E-state index in [0.29, 0.717) is 12.1 Å². The fourth-order valence-electron chi connectivity index (χ4n) is 3.02. The van der Waals surface area contributed by atoms with E-state index in [2.05, 4.69) is 10.2 Å². The highest BCUT2D eigenvalue weighted by Gasteiger charge is 2.35. The van der Waals surface area contributed by atoms with Crippen molar-refractivity contribution in [1.82, 2.24) is 10.2 Å². The number of benzene rings is 1. The molecule has 1 N–H and O–H groups in total. The van der Waals surface area contributed by atoms with E-state index in [1.165, 1.54) is 12.8 Å². The first-order valence-electron chi connectivity index (χ1n) is 7.97. The zero-order valence-corrected chi connectivity index (χ0v) is 13.0. The lowest BCUT2D eigenvalue weighted by atomic mass is 10.1. The molecule has 1 saturated heterocycles. The third kappa shape index (κ3) is 3.38. The Morgan fingerprint density at radius 3 is 2.71 bits per heavy atom. The first kappa shape index (κ1) is 14.4. The zero-order chi connectivity index (χ0) is 14.8. The van der Waals surface area contributed by atoms with Gasteiger partial charge in [-0.2, -0.15) is 0 Å². The summed E-state index contributed by atoms with van der Waals surface area (Å²) in [6, 6.07) is 8.89. The summed E-state index contributed by atoms with van der Waals surface area (Å²) >= 11 is 0. The van der Waals surface area contributed by atoms with Gasteiger partial charge >= 0.3 is 0 Å². The Kier molecular flexibility index (Phi) is 4.15. The fourth-order valence-corrected chi connectivity index (χ4v) is 3.02. The van der Waals surface area contributed by atoms with Crippen LogP contribution in [0.1, 0.15) is 36.0 Å². The minimum Gasteiger partial charge on any atom is -0.378 e. The lowest BCUT2D eigenvalue weighted by Gasteiger charge is -2.26. The topological polar surface area (TPSA) is 35.6 Å². The second kappa shape index (κ2) is 6.06. The van der Waals surface area contributed by atoms with Gasteiger partial charge in [0.05, 0.1) is 0 Å². The van der Waals surface area contributed by atoms with E-state index in [-0.39, 0.29) is 5.91 Å². The molecule has 1 heterocycles. The lowest BCUT2D eigenvalue weighted by Crippen LogP contribution is -2.42. The Bertz CT molecular complexity index is 505. The van der Waals surface area contributed by atoms with Gasteiger partial charge in [-0.05, 0) is 50.4 Å². The van der Waals surface area contributed by atoms with Crippen LogP contribution < -0.4 is 10.2 Å². The molecular formula is C17H25N3O. The van der Waals surface area contributed by atoms with Gasteiger partial charge in [-0.1, -0.05) is 6.07 Å². The van der Waals surface area contributed by atoms with Gasteiger partial charge in [0.1, 0.15) is 0 Å². The summed E-state index contributed by atoms with van der Waals surface area (Å²) in [6.07, 6.45) is 4.74. The molecular weight excluding hydrogens is 262 g/mol. The molecule has 1 aromatic carbocycles. The molecule has 4 nitrogen and oxygen atoms in total. The first-order valence-corrected chi connectivity index (χ1v) is 7.97. The molecule has 1 aliphatic heterocycles. The van der Waals surface area contributed by atoms with Gasteiger partial charge in [-0.3, -0.25) is 4.79 Å². The van der Waals surface area contributed by atoms with Crippen LogP contribution >= 0.6 is 0 Å². The van der Waals surface area contributed by atoms with Crippen LogP contribution in [0.15, 0.2) is 24.3 Å². The van der Waals surface area contributed by atoms with Crippen LogP contribution in [-0.2, 0) is 0 Å². The smallest absolute Gasteiger partial charge is 0.254 e. The van der Waals surface area contributed by atoms with Crippen LogP contribution in [0.2, 0.25) is 0 Å². The van der Waals surface area contributed by atoms with E-state index in [4.69, 9.17) is 0 Å². The second-order valence-electron chi connectivity index (χ2n) is 6.43. The summed E-state index contributed by atoms with van der Waals surface area (Å²) in [6.45, 7) is 1.95. The molecule has 21 heavy (non-hydrogen) atoms. The average molecular weight is 287 g/mol. The van der Waals surface area contributed by atoms with Crippen molar-refractivity contribution in [3.05, 3.63) is 29.8 Å². The molecule has 1 atom stereocenters. The van der Waals surface area contributed by atoms with Gasteiger partial charge in [0.2, 0.25) is 0 Å². The third-order valence-corrected chi connectivity index (χ3v) is 4.44. The summed E-state index contributed by atoms with van der Waals surface area (Å²) in [5, 5.41) is 3.50. The third-order valence-electron chi connectivity index (χ3n) is 4.44. The van der Waals surface area contributed by atoms with E-state index in [9.17, 15) is 4.79 Å². The highest BCUT2D eigenvalue weighted by atomic mass is 16.2. The van der Waals surface area contributed by atoms with E-state index >= 15 is 0 Å². The maximum absolute atomic E-state index is 12.9. The van der Waals surface area contributed by atoms with Crippen LogP contribution in [0.3, 0.4) is 0 Å². The van der Waals surface area contributed by atoms with Crippen molar-refractivity contribution >= 4 is 11.6 Å². The molecule has 0 bridgehead atoms. The standard InChI is InChI=1S/C17H25N3O/c1-19(2)16-7-3-5-13(11-16)17(21)20(15-8-9-15)12-14-6-4-10-18-14/h3,5,7,11,14-15,18H,4,6,8-10,12H2,1-2H3. The van der Waals surface area contributed by atoms with Crippen LogP contribution in [0.25, 0.3) is 0 Å².